The predicted octanol–water partition coefficient (Wildman–Crippen LogP) is 3.62. The van der Waals surface area contributed by atoms with E-state index in [-0.39, 0.29) is 14.0 Å². The van der Waals surface area contributed by atoms with Gasteiger partial charge in [-0.2, -0.15) is 9.13 Å². The van der Waals surface area contributed by atoms with Gasteiger partial charge in [0.2, 0.25) is 0 Å². The molecule has 94 valence electrons. The van der Waals surface area contributed by atoms with Crippen molar-refractivity contribution >= 4 is 56.8 Å². The second-order valence-corrected chi connectivity index (χ2v) is 6.55. The van der Waals surface area contributed by atoms with Gasteiger partial charge in [0, 0.05) is 69.4 Å². The molecule has 0 fully saturated rings. The van der Waals surface area contributed by atoms with Crippen LogP contribution in [0.2, 0.25) is 5.15 Å². The molecule has 0 saturated carbocycles. The number of nitrogens with zero attached hydrogens (tertiary/aromatic N) is 2. The predicted molar refractivity (Wildman–Crippen MR) is 84.4 cm³/mol. The maximum absolute atomic E-state index is 13.7. The molecule has 2 heterocycles. The highest BCUT2D eigenvalue weighted by atomic mass is 127. The van der Waals surface area contributed by atoms with Gasteiger partial charge < -0.3 is 0 Å². The second kappa shape index (κ2) is 6.42. The number of alkyl halides is 2. The van der Waals surface area contributed by atoms with Gasteiger partial charge in [0.15, 0.2) is 12.4 Å². The van der Waals surface area contributed by atoms with Gasteiger partial charge in [-0.15, -0.1) is 4.39 Å². The Labute approximate surface area is 137 Å². The highest BCUT2D eigenvalue weighted by molar-refractivity contribution is 14.1. The molecule has 2 unspecified atom stereocenters. The van der Waals surface area contributed by atoms with Crippen molar-refractivity contribution in [2.75, 3.05) is 0 Å². The van der Waals surface area contributed by atoms with E-state index in [0.29, 0.717) is 5.15 Å². The minimum Gasteiger partial charge on any atom is -0.169 e. The van der Waals surface area contributed by atoms with Crippen LogP contribution >= 0.6 is 56.8 Å². The summed E-state index contributed by atoms with van der Waals surface area (Å²) in [6, 6.07) is 10.6. The van der Waals surface area contributed by atoms with E-state index in [1.807, 2.05) is 35.0 Å². The van der Waals surface area contributed by atoms with Crippen LogP contribution in [0.25, 0.3) is 0 Å². The van der Waals surface area contributed by atoms with E-state index in [1.54, 1.807) is 16.8 Å². The summed E-state index contributed by atoms with van der Waals surface area (Å²) in [6.45, 7) is 0. The second-order valence-electron chi connectivity index (χ2n) is 3.61. The fourth-order valence-electron chi connectivity index (χ4n) is 1.53. The standard InChI is InChI=1S/C12H10ClFI2N2/c13-9-5-1-3-7-17(9)11(15)12(16)18-8-4-2-6-10(18)14/h1-8,11-12H/q+2. The van der Waals surface area contributed by atoms with Crippen LogP contribution in [0.1, 0.15) is 8.10 Å². The van der Waals surface area contributed by atoms with Gasteiger partial charge in [-0.3, -0.25) is 0 Å². The molecule has 2 aromatic heterocycles. The number of rotatable bonds is 3. The third kappa shape index (κ3) is 3.11. The molecule has 0 N–H and O–H groups in total. The van der Waals surface area contributed by atoms with Gasteiger partial charge in [-0.05, 0) is 23.7 Å². The molecule has 2 atom stereocenters. The molecule has 0 aromatic carbocycles. The van der Waals surface area contributed by atoms with E-state index in [0.717, 1.165) is 0 Å². The maximum Gasteiger partial charge on any atom is 0.360 e. The zero-order valence-electron chi connectivity index (χ0n) is 9.18. The molecule has 0 saturated heterocycles. The molecule has 0 aliphatic carbocycles. The Hall–Kier alpha value is -0.0200. The lowest BCUT2D eigenvalue weighted by Gasteiger charge is -2.09. The average molecular weight is 490 g/mol. The van der Waals surface area contributed by atoms with Crippen LogP contribution in [-0.4, -0.2) is 0 Å². The van der Waals surface area contributed by atoms with E-state index >= 15 is 0 Å². The summed E-state index contributed by atoms with van der Waals surface area (Å²) in [4.78, 5) is 0. The summed E-state index contributed by atoms with van der Waals surface area (Å²) in [6.07, 6.45) is 3.63. The first-order valence-corrected chi connectivity index (χ1v) is 8.07. The van der Waals surface area contributed by atoms with Crippen LogP contribution in [0.5, 0.6) is 0 Å². The van der Waals surface area contributed by atoms with E-state index < -0.39 is 0 Å². The molecule has 0 aliphatic rings. The SMILES string of the molecule is Fc1cccc[n+]1C(I)C(I)[n+]1ccccc1Cl. The molecule has 0 aliphatic heterocycles. The van der Waals surface area contributed by atoms with Gasteiger partial charge in [0.25, 0.3) is 13.3 Å². The van der Waals surface area contributed by atoms with E-state index in [2.05, 4.69) is 45.2 Å². The molecule has 2 rings (SSSR count). The van der Waals surface area contributed by atoms with Gasteiger partial charge in [-0.25, -0.2) is 0 Å². The van der Waals surface area contributed by atoms with E-state index in [1.165, 1.54) is 6.07 Å². The van der Waals surface area contributed by atoms with Gasteiger partial charge >= 0.3 is 5.95 Å². The Morgan fingerprint density at radius 2 is 1.50 bits per heavy atom. The minimum absolute atomic E-state index is 0.0128. The summed E-state index contributed by atoms with van der Waals surface area (Å²) in [5, 5.41) is 0.635. The smallest absolute Gasteiger partial charge is 0.169 e. The lowest BCUT2D eigenvalue weighted by atomic mass is 10.4. The lowest BCUT2D eigenvalue weighted by Crippen LogP contribution is -2.50. The van der Waals surface area contributed by atoms with Crippen molar-refractivity contribution in [3.8, 4) is 0 Å². The summed E-state index contributed by atoms with van der Waals surface area (Å²) >= 11 is 10.6. The van der Waals surface area contributed by atoms with Gasteiger partial charge in [0.1, 0.15) is 0 Å². The summed E-state index contributed by atoms with van der Waals surface area (Å²) in [7, 11) is 0. The monoisotopic (exact) mass is 490 g/mol. The Balaban J connectivity index is 2.33. The Bertz CT molecular complexity index is 504. The normalized spacial score (nSPS) is 14.2. The zero-order chi connectivity index (χ0) is 13.1. The minimum atomic E-state index is -0.258. The third-order valence-corrected chi connectivity index (χ3v) is 6.69. The van der Waals surface area contributed by atoms with E-state index in [4.69, 9.17) is 11.6 Å². The van der Waals surface area contributed by atoms with Crippen molar-refractivity contribution in [3.05, 3.63) is 59.9 Å². The topological polar surface area (TPSA) is 7.76 Å². The number of hydrogen-bond acceptors (Lipinski definition) is 0. The third-order valence-electron chi connectivity index (χ3n) is 2.43. The fraction of sp³-hybridized carbons (Fsp3) is 0.167. The van der Waals surface area contributed by atoms with Crippen molar-refractivity contribution < 1.29 is 13.5 Å². The largest absolute Gasteiger partial charge is 0.360 e. The molecule has 2 aromatic rings. The first-order chi connectivity index (χ1) is 8.61. The molecule has 6 heteroatoms. The molecular formula is C12H10ClFI2N2+2. The summed E-state index contributed by atoms with van der Waals surface area (Å²) in [5.41, 5.74) is 0. The Morgan fingerprint density at radius 1 is 0.944 bits per heavy atom. The van der Waals surface area contributed by atoms with Gasteiger partial charge in [-0.1, -0.05) is 0 Å². The van der Waals surface area contributed by atoms with Crippen molar-refractivity contribution in [3.63, 3.8) is 0 Å². The molecule has 0 radical (unpaired) electrons. The molecule has 2 nitrogen and oxygen atoms in total. The van der Waals surface area contributed by atoms with Crippen LogP contribution in [0.4, 0.5) is 4.39 Å². The van der Waals surface area contributed by atoms with Crippen LogP contribution in [0.3, 0.4) is 0 Å². The highest BCUT2D eigenvalue weighted by Gasteiger charge is 2.35. The zero-order valence-corrected chi connectivity index (χ0v) is 14.3. The maximum atomic E-state index is 13.7. The number of aromatic nitrogens is 2. The number of halogens is 4. The first kappa shape index (κ1) is 14.4. The molecule has 0 bridgehead atoms. The number of hydrogen-bond donors (Lipinski definition) is 0. The number of pyridine rings is 2. The Morgan fingerprint density at radius 3 is 2.11 bits per heavy atom. The highest BCUT2D eigenvalue weighted by Crippen LogP contribution is 2.27. The van der Waals surface area contributed by atoms with Crippen molar-refractivity contribution in [2.45, 2.75) is 8.10 Å². The van der Waals surface area contributed by atoms with Crippen molar-refractivity contribution in [1.82, 2.24) is 0 Å². The van der Waals surface area contributed by atoms with Crippen LogP contribution in [-0.2, 0) is 0 Å². The molecule has 0 spiro atoms. The summed E-state index contributed by atoms with van der Waals surface area (Å²) < 4.78 is 17.2. The molecule has 18 heavy (non-hydrogen) atoms. The lowest BCUT2D eigenvalue weighted by molar-refractivity contribution is -0.786. The van der Waals surface area contributed by atoms with E-state index in [9.17, 15) is 4.39 Å². The fourth-order valence-corrected chi connectivity index (χ4v) is 3.56. The van der Waals surface area contributed by atoms with Crippen molar-refractivity contribution in [1.29, 1.82) is 0 Å². The average Bonchev–Trinajstić information content (AvgIpc) is 2.38. The van der Waals surface area contributed by atoms with Gasteiger partial charge in [0.05, 0.1) is 0 Å². The molecule has 0 amide bonds. The van der Waals surface area contributed by atoms with Crippen LogP contribution < -0.4 is 9.13 Å². The Kier molecular flexibility index (Phi) is 5.14. The quantitative estimate of drug-likeness (QED) is 0.269. The van der Waals surface area contributed by atoms with Crippen molar-refractivity contribution in [2.24, 2.45) is 0 Å². The first-order valence-electron chi connectivity index (χ1n) is 5.21. The van der Waals surface area contributed by atoms with Crippen LogP contribution in [0.15, 0.2) is 48.8 Å². The molecular weight excluding hydrogens is 480 g/mol. The summed E-state index contributed by atoms with van der Waals surface area (Å²) in [5.74, 6) is -0.258. The van der Waals surface area contributed by atoms with Crippen LogP contribution in [0, 0.1) is 5.95 Å².